The Morgan fingerprint density at radius 2 is 2.00 bits per heavy atom. The first-order chi connectivity index (χ1) is 11.0. The van der Waals surface area contributed by atoms with Crippen LogP contribution in [0, 0.1) is 5.92 Å². The molecule has 0 aliphatic carbocycles. The second-order valence-electron chi connectivity index (χ2n) is 6.63. The highest BCUT2D eigenvalue weighted by molar-refractivity contribution is 5.78. The number of aromatic nitrogens is 4. The second-order valence-corrected chi connectivity index (χ2v) is 6.63. The molecule has 0 unspecified atom stereocenters. The maximum atomic E-state index is 12.6. The first kappa shape index (κ1) is 15.9. The van der Waals surface area contributed by atoms with Crippen LogP contribution in [0.2, 0.25) is 0 Å². The fraction of sp³-hybridized carbons (Fsp3) is 0.786. The molecule has 0 spiro atoms. The molecule has 3 saturated heterocycles. The van der Waals surface area contributed by atoms with Crippen molar-refractivity contribution in [3.05, 3.63) is 6.33 Å². The lowest BCUT2D eigenvalue weighted by Crippen LogP contribution is -2.49. The highest BCUT2D eigenvalue weighted by atomic mass is 16.2. The first-order valence-electron chi connectivity index (χ1n) is 7.95. The standard InChI is InChI=1S/C14H23N7O2/c1-18(2)13(22)8-19-5-11-3-4-12(7-19)21(6-11)14(23)9-20-10-15-16-17-20/h10-12H,3-9H2,1-2H3/t11-,12+/m1/s1. The van der Waals surface area contributed by atoms with Crippen molar-refractivity contribution in [3.8, 4) is 0 Å². The van der Waals surface area contributed by atoms with E-state index in [1.807, 2.05) is 4.90 Å². The minimum absolute atomic E-state index is 0.0489. The third kappa shape index (κ3) is 3.66. The summed E-state index contributed by atoms with van der Waals surface area (Å²) in [6, 6.07) is 0.174. The van der Waals surface area contributed by atoms with Crippen LogP contribution in [0.4, 0.5) is 0 Å². The van der Waals surface area contributed by atoms with Crippen LogP contribution in [0.25, 0.3) is 0 Å². The molecule has 2 bridgehead atoms. The van der Waals surface area contributed by atoms with Gasteiger partial charge in [0.05, 0.1) is 6.54 Å². The van der Waals surface area contributed by atoms with Gasteiger partial charge in [-0.15, -0.1) is 5.10 Å². The Morgan fingerprint density at radius 1 is 1.17 bits per heavy atom. The first-order valence-corrected chi connectivity index (χ1v) is 7.95. The van der Waals surface area contributed by atoms with Crippen molar-refractivity contribution in [2.75, 3.05) is 40.3 Å². The minimum Gasteiger partial charge on any atom is -0.348 e. The summed E-state index contributed by atoms with van der Waals surface area (Å²) < 4.78 is 1.45. The van der Waals surface area contributed by atoms with Gasteiger partial charge in [0.25, 0.3) is 0 Å². The topological polar surface area (TPSA) is 87.5 Å². The highest BCUT2D eigenvalue weighted by Crippen LogP contribution is 2.28. The molecule has 23 heavy (non-hydrogen) atoms. The van der Waals surface area contributed by atoms with E-state index in [2.05, 4.69) is 20.4 Å². The van der Waals surface area contributed by atoms with Gasteiger partial charge in [-0.3, -0.25) is 14.5 Å². The maximum Gasteiger partial charge on any atom is 0.244 e. The molecule has 3 aliphatic heterocycles. The van der Waals surface area contributed by atoms with Gasteiger partial charge in [0.15, 0.2) is 0 Å². The molecule has 4 heterocycles. The van der Waals surface area contributed by atoms with Gasteiger partial charge >= 0.3 is 0 Å². The normalized spacial score (nSPS) is 24.5. The lowest BCUT2D eigenvalue weighted by atomic mass is 9.95. The van der Waals surface area contributed by atoms with Crippen LogP contribution < -0.4 is 0 Å². The molecule has 2 amide bonds. The Morgan fingerprint density at radius 3 is 2.70 bits per heavy atom. The number of piperidine rings is 1. The van der Waals surface area contributed by atoms with E-state index >= 15 is 0 Å². The van der Waals surface area contributed by atoms with Crippen molar-refractivity contribution in [3.63, 3.8) is 0 Å². The van der Waals surface area contributed by atoms with Crippen LogP contribution in [0.15, 0.2) is 6.33 Å². The smallest absolute Gasteiger partial charge is 0.244 e. The minimum atomic E-state index is 0.0489. The van der Waals surface area contributed by atoms with E-state index in [9.17, 15) is 9.59 Å². The van der Waals surface area contributed by atoms with Crippen LogP contribution in [-0.4, -0.2) is 93.0 Å². The molecule has 9 heteroatoms. The van der Waals surface area contributed by atoms with E-state index in [0.717, 1.165) is 32.5 Å². The van der Waals surface area contributed by atoms with Crippen molar-refractivity contribution in [2.24, 2.45) is 5.92 Å². The second kappa shape index (κ2) is 6.61. The quantitative estimate of drug-likeness (QED) is 0.684. The van der Waals surface area contributed by atoms with Crippen LogP contribution in [0.1, 0.15) is 12.8 Å². The third-order valence-corrected chi connectivity index (χ3v) is 4.66. The van der Waals surface area contributed by atoms with E-state index in [4.69, 9.17) is 0 Å². The summed E-state index contributed by atoms with van der Waals surface area (Å²) in [6.45, 7) is 3.00. The Bertz CT molecular complexity index is 559. The van der Waals surface area contributed by atoms with Crippen LogP contribution in [0.3, 0.4) is 0 Å². The summed E-state index contributed by atoms with van der Waals surface area (Å²) in [5.41, 5.74) is 0. The summed E-state index contributed by atoms with van der Waals surface area (Å²) in [6.07, 6.45) is 3.57. The van der Waals surface area contributed by atoms with Gasteiger partial charge in [-0.05, 0) is 29.2 Å². The fourth-order valence-electron chi connectivity index (χ4n) is 3.43. The molecule has 0 saturated carbocycles. The monoisotopic (exact) mass is 321 g/mol. The molecule has 4 rings (SSSR count). The molecule has 0 N–H and O–H groups in total. The molecule has 126 valence electrons. The fourth-order valence-corrected chi connectivity index (χ4v) is 3.43. The summed E-state index contributed by atoms with van der Waals surface area (Å²) in [5, 5.41) is 10.9. The van der Waals surface area contributed by atoms with E-state index in [1.54, 1.807) is 19.0 Å². The SMILES string of the molecule is CN(C)C(=O)CN1C[C@H]2CC[C@@H](C1)N(C(=O)Cn1cnnn1)C2. The molecular formula is C14H23N7O2. The Balaban J connectivity index is 1.64. The van der Waals surface area contributed by atoms with Gasteiger partial charge in [-0.25, -0.2) is 4.68 Å². The predicted octanol–water partition coefficient (Wildman–Crippen LogP) is -1.32. The van der Waals surface area contributed by atoms with Crippen molar-refractivity contribution in [1.29, 1.82) is 0 Å². The Hall–Kier alpha value is -2.03. The number of hydrogen-bond donors (Lipinski definition) is 0. The number of likely N-dealkylation sites (N-methyl/N-ethyl adjacent to an activating group) is 1. The van der Waals surface area contributed by atoms with Gasteiger partial charge < -0.3 is 9.80 Å². The summed E-state index contributed by atoms with van der Waals surface area (Å²) >= 11 is 0. The average molecular weight is 321 g/mol. The number of amides is 2. The average Bonchev–Trinajstić information content (AvgIpc) is 2.86. The number of fused-ring (bicyclic) bond motifs is 4. The highest BCUT2D eigenvalue weighted by Gasteiger charge is 2.37. The maximum absolute atomic E-state index is 12.6. The van der Waals surface area contributed by atoms with Crippen molar-refractivity contribution in [2.45, 2.75) is 25.4 Å². The third-order valence-electron chi connectivity index (χ3n) is 4.66. The number of tetrazole rings is 1. The predicted molar refractivity (Wildman–Crippen MR) is 81.2 cm³/mol. The summed E-state index contributed by atoms with van der Waals surface area (Å²) in [7, 11) is 3.55. The zero-order valence-corrected chi connectivity index (χ0v) is 13.6. The molecule has 1 aromatic heterocycles. The van der Waals surface area contributed by atoms with Crippen molar-refractivity contribution >= 4 is 11.8 Å². The molecular weight excluding hydrogens is 298 g/mol. The van der Waals surface area contributed by atoms with E-state index in [1.165, 1.54) is 11.0 Å². The van der Waals surface area contributed by atoms with Crippen molar-refractivity contribution in [1.82, 2.24) is 34.9 Å². The number of hydrogen-bond acceptors (Lipinski definition) is 6. The zero-order valence-electron chi connectivity index (χ0n) is 13.6. The number of carbonyl (C=O) groups excluding carboxylic acids is 2. The molecule has 3 fully saturated rings. The summed E-state index contributed by atoms with van der Waals surface area (Å²) in [5.74, 6) is 0.590. The number of carbonyl (C=O) groups is 2. The van der Waals surface area contributed by atoms with Gasteiger partial charge in [0.1, 0.15) is 12.9 Å². The van der Waals surface area contributed by atoms with Gasteiger partial charge in [-0.2, -0.15) is 0 Å². The molecule has 9 nitrogen and oxygen atoms in total. The largest absolute Gasteiger partial charge is 0.348 e. The van der Waals surface area contributed by atoms with Gasteiger partial charge in [0.2, 0.25) is 11.8 Å². The Labute approximate surface area is 135 Å². The van der Waals surface area contributed by atoms with E-state index in [-0.39, 0.29) is 24.4 Å². The molecule has 0 radical (unpaired) electrons. The van der Waals surface area contributed by atoms with E-state index < -0.39 is 0 Å². The number of nitrogens with zero attached hydrogens (tertiary/aromatic N) is 7. The van der Waals surface area contributed by atoms with E-state index in [0.29, 0.717) is 12.5 Å². The summed E-state index contributed by atoms with van der Waals surface area (Å²) in [4.78, 5) is 30.3. The molecule has 2 atom stereocenters. The number of rotatable bonds is 4. The lowest BCUT2D eigenvalue weighted by molar-refractivity contribution is -0.136. The zero-order chi connectivity index (χ0) is 16.4. The lowest BCUT2D eigenvalue weighted by Gasteiger charge is -2.36. The molecule has 0 aromatic carbocycles. The molecule has 1 aromatic rings. The van der Waals surface area contributed by atoms with Crippen molar-refractivity contribution < 1.29 is 9.59 Å². The van der Waals surface area contributed by atoms with Crippen LogP contribution >= 0.6 is 0 Å². The van der Waals surface area contributed by atoms with Gasteiger partial charge in [0, 0.05) is 39.8 Å². The molecule has 3 aliphatic rings. The van der Waals surface area contributed by atoms with Crippen LogP contribution in [-0.2, 0) is 16.1 Å². The van der Waals surface area contributed by atoms with Crippen LogP contribution in [0.5, 0.6) is 0 Å². The Kier molecular flexibility index (Phi) is 4.56. The van der Waals surface area contributed by atoms with Gasteiger partial charge in [-0.1, -0.05) is 0 Å².